The highest BCUT2D eigenvalue weighted by molar-refractivity contribution is 5.94. The minimum Gasteiger partial charge on any atom is -0.550 e. The number of anilines is 1. The molecule has 0 saturated carbocycles. The van der Waals surface area contributed by atoms with Crippen LogP contribution in [0.15, 0.2) is 48.5 Å². The molecule has 2 aromatic carbocycles. The Labute approximate surface area is 146 Å². The number of carboxylic acid groups (broad SMARTS) is 1. The van der Waals surface area contributed by atoms with Gasteiger partial charge in [0.25, 0.3) is 0 Å². The summed E-state index contributed by atoms with van der Waals surface area (Å²) in [5.41, 5.74) is 1.42. The molecule has 0 aliphatic rings. The van der Waals surface area contributed by atoms with E-state index >= 15 is 0 Å². The van der Waals surface area contributed by atoms with Crippen molar-refractivity contribution in [1.82, 2.24) is 0 Å². The standard InChI is InChI=1S/C19H21NO5/c1-24-16-7-3-13(4-8-16)11-14(12-18(21)22)19(23)20-15-5-9-17(25-2)10-6-15/h3-10,14H,11-12H2,1-2H3,(H,20,23)(H,21,22)/p-1. The van der Waals surface area contributed by atoms with Crippen LogP contribution < -0.4 is 19.9 Å². The lowest BCUT2D eigenvalue weighted by atomic mass is 9.95. The third-order valence-electron chi connectivity index (χ3n) is 3.78. The van der Waals surface area contributed by atoms with Crippen LogP contribution in [-0.4, -0.2) is 26.1 Å². The van der Waals surface area contributed by atoms with Crippen LogP contribution in [0, 0.1) is 5.92 Å². The van der Waals surface area contributed by atoms with Crippen LogP contribution >= 0.6 is 0 Å². The van der Waals surface area contributed by atoms with Crippen molar-refractivity contribution in [3.63, 3.8) is 0 Å². The fourth-order valence-electron chi connectivity index (χ4n) is 2.42. The van der Waals surface area contributed by atoms with E-state index in [9.17, 15) is 14.7 Å². The first-order valence-electron chi connectivity index (χ1n) is 7.79. The highest BCUT2D eigenvalue weighted by atomic mass is 16.5. The molecule has 25 heavy (non-hydrogen) atoms. The van der Waals surface area contributed by atoms with Crippen molar-refractivity contribution in [3.05, 3.63) is 54.1 Å². The molecule has 0 bridgehead atoms. The van der Waals surface area contributed by atoms with Crippen LogP contribution in [0.4, 0.5) is 5.69 Å². The predicted octanol–water partition coefficient (Wildman–Crippen LogP) is 1.64. The zero-order chi connectivity index (χ0) is 18.2. The number of carbonyl (C=O) groups is 2. The first kappa shape index (κ1) is 18.3. The van der Waals surface area contributed by atoms with E-state index in [1.807, 2.05) is 12.1 Å². The van der Waals surface area contributed by atoms with Gasteiger partial charge in [0.05, 0.1) is 14.2 Å². The molecule has 1 N–H and O–H groups in total. The summed E-state index contributed by atoms with van der Waals surface area (Å²) in [7, 11) is 3.12. The summed E-state index contributed by atoms with van der Waals surface area (Å²) < 4.78 is 10.2. The second kappa shape index (κ2) is 8.73. The second-order valence-corrected chi connectivity index (χ2v) is 5.54. The van der Waals surface area contributed by atoms with Gasteiger partial charge in [0.15, 0.2) is 0 Å². The molecule has 2 rings (SSSR count). The maximum Gasteiger partial charge on any atom is 0.228 e. The zero-order valence-electron chi connectivity index (χ0n) is 14.2. The van der Waals surface area contributed by atoms with E-state index in [-0.39, 0.29) is 12.3 Å². The monoisotopic (exact) mass is 342 g/mol. The van der Waals surface area contributed by atoms with Crippen LogP contribution in [0.25, 0.3) is 0 Å². The summed E-state index contributed by atoms with van der Waals surface area (Å²) in [5.74, 6) is -1.00. The number of aliphatic carboxylic acids is 1. The lowest BCUT2D eigenvalue weighted by Crippen LogP contribution is -2.32. The highest BCUT2D eigenvalue weighted by Gasteiger charge is 2.19. The Morgan fingerprint density at radius 1 is 0.960 bits per heavy atom. The molecule has 0 saturated heterocycles. The van der Waals surface area contributed by atoms with E-state index in [0.717, 1.165) is 5.56 Å². The third-order valence-corrected chi connectivity index (χ3v) is 3.78. The van der Waals surface area contributed by atoms with Gasteiger partial charge in [-0.1, -0.05) is 12.1 Å². The van der Waals surface area contributed by atoms with Crippen molar-refractivity contribution >= 4 is 17.6 Å². The van der Waals surface area contributed by atoms with Crippen molar-refractivity contribution in [2.75, 3.05) is 19.5 Å². The summed E-state index contributed by atoms with van der Waals surface area (Å²) in [6.45, 7) is 0. The molecular weight excluding hydrogens is 322 g/mol. The van der Waals surface area contributed by atoms with Crippen molar-refractivity contribution in [2.24, 2.45) is 5.92 Å². The summed E-state index contributed by atoms with van der Waals surface area (Å²) in [5, 5.41) is 13.7. The molecule has 132 valence electrons. The Balaban J connectivity index is 2.08. The minimum absolute atomic E-state index is 0.292. The zero-order valence-corrected chi connectivity index (χ0v) is 14.2. The number of hydrogen-bond acceptors (Lipinski definition) is 5. The van der Waals surface area contributed by atoms with Crippen LogP contribution in [0.2, 0.25) is 0 Å². The number of methoxy groups -OCH3 is 2. The van der Waals surface area contributed by atoms with E-state index in [0.29, 0.717) is 23.6 Å². The summed E-state index contributed by atoms with van der Waals surface area (Å²) in [6.07, 6.45) is -0.0615. The van der Waals surface area contributed by atoms with Crippen LogP contribution in [0.5, 0.6) is 11.5 Å². The van der Waals surface area contributed by atoms with E-state index in [4.69, 9.17) is 9.47 Å². The molecule has 2 aromatic rings. The number of ether oxygens (including phenoxy) is 2. The number of nitrogens with one attached hydrogen (secondary N) is 1. The van der Waals surface area contributed by atoms with Crippen molar-refractivity contribution in [1.29, 1.82) is 0 Å². The van der Waals surface area contributed by atoms with Crippen molar-refractivity contribution in [3.8, 4) is 11.5 Å². The van der Waals surface area contributed by atoms with E-state index in [1.165, 1.54) is 0 Å². The van der Waals surface area contributed by atoms with Gasteiger partial charge in [-0.3, -0.25) is 4.79 Å². The Morgan fingerprint density at radius 2 is 1.48 bits per heavy atom. The lowest BCUT2D eigenvalue weighted by Gasteiger charge is -2.18. The molecule has 1 unspecified atom stereocenters. The maximum atomic E-state index is 12.5. The second-order valence-electron chi connectivity index (χ2n) is 5.54. The number of carbonyl (C=O) groups excluding carboxylic acids is 2. The summed E-state index contributed by atoms with van der Waals surface area (Å²) >= 11 is 0. The number of rotatable bonds is 8. The van der Waals surface area contributed by atoms with Crippen LogP contribution in [0.3, 0.4) is 0 Å². The lowest BCUT2D eigenvalue weighted by molar-refractivity contribution is -0.306. The van der Waals surface area contributed by atoms with Gasteiger partial charge < -0.3 is 24.7 Å². The van der Waals surface area contributed by atoms with Crippen molar-refractivity contribution in [2.45, 2.75) is 12.8 Å². The van der Waals surface area contributed by atoms with Gasteiger partial charge in [-0.05, 0) is 54.8 Å². The summed E-state index contributed by atoms with van der Waals surface area (Å²) in [4.78, 5) is 23.5. The number of hydrogen-bond donors (Lipinski definition) is 1. The molecule has 1 amide bonds. The number of carboxylic acids is 1. The molecule has 0 aliphatic heterocycles. The Bertz CT molecular complexity index is 710. The molecular formula is C19H20NO5-. The van der Waals surface area contributed by atoms with Gasteiger partial charge in [0.1, 0.15) is 11.5 Å². The van der Waals surface area contributed by atoms with Crippen LogP contribution in [0.1, 0.15) is 12.0 Å². The fraction of sp³-hybridized carbons (Fsp3) is 0.263. The molecule has 6 nitrogen and oxygen atoms in total. The van der Waals surface area contributed by atoms with E-state index in [1.54, 1.807) is 50.6 Å². The van der Waals surface area contributed by atoms with Gasteiger partial charge >= 0.3 is 0 Å². The third kappa shape index (κ3) is 5.53. The van der Waals surface area contributed by atoms with Crippen molar-refractivity contribution < 1.29 is 24.2 Å². The van der Waals surface area contributed by atoms with E-state index in [2.05, 4.69) is 5.32 Å². The maximum absolute atomic E-state index is 12.5. The van der Waals surface area contributed by atoms with Gasteiger partial charge in [0, 0.05) is 17.6 Å². The molecule has 0 heterocycles. The molecule has 0 aliphatic carbocycles. The smallest absolute Gasteiger partial charge is 0.228 e. The average Bonchev–Trinajstić information content (AvgIpc) is 2.62. The average molecular weight is 342 g/mol. The largest absolute Gasteiger partial charge is 0.550 e. The molecule has 0 fully saturated rings. The first-order chi connectivity index (χ1) is 12.0. The molecule has 6 heteroatoms. The minimum atomic E-state index is -1.26. The Hall–Kier alpha value is -3.02. The SMILES string of the molecule is COc1ccc(CC(CC(=O)[O-])C(=O)Nc2ccc(OC)cc2)cc1. The van der Waals surface area contributed by atoms with Crippen LogP contribution in [-0.2, 0) is 16.0 Å². The summed E-state index contributed by atoms with van der Waals surface area (Å²) in [6, 6.07) is 14.0. The highest BCUT2D eigenvalue weighted by Crippen LogP contribution is 2.20. The normalized spacial score (nSPS) is 11.4. The first-order valence-corrected chi connectivity index (χ1v) is 7.79. The van der Waals surface area contributed by atoms with Gasteiger partial charge in [0.2, 0.25) is 5.91 Å². The number of amides is 1. The molecule has 1 atom stereocenters. The predicted molar refractivity (Wildman–Crippen MR) is 91.4 cm³/mol. The van der Waals surface area contributed by atoms with Gasteiger partial charge in [-0.15, -0.1) is 0 Å². The topological polar surface area (TPSA) is 87.7 Å². The fourth-order valence-corrected chi connectivity index (χ4v) is 2.42. The quantitative estimate of drug-likeness (QED) is 0.788. The Kier molecular flexibility index (Phi) is 6.39. The van der Waals surface area contributed by atoms with Gasteiger partial charge in [-0.2, -0.15) is 0 Å². The molecule has 0 aromatic heterocycles. The molecule has 0 radical (unpaired) electrons. The number of benzene rings is 2. The van der Waals surface area contributed by atoms with Gasteiger partial charge in [-0.25, -0.2) is 0 Å². The molecule has 0 spiro atoms. The van der Waals surface area contributed by atoms with E-state index < -0.39 is 11.9 Å². The Morgan fingerprint density at radius 3 is 1.96 bits per heavy atom.